The maximum atomic E-state index is 12.9. The van der Waals surface area contributed by atoms with E-state index >= 15 is 0 Å². The average molecular weight is 423 g/mol. The van der Waals surface area contributed by atoms with Crippen LogP contribution in [0.15, 0.2) is 42.5 Å². The number of aryl methyl sites for hydroxylation is 1. The molecule has 0 heterocycles. The number of likely N-dealkylation sites (N-methyl/N-ethyl adjacent to an activating group) is 1. The number of nitrogens with one attached hydrogen (secondary N) is 1. The molecule has 2 aromatic carbocycles. The fraction of sp³-hybridized carbons (Fsp3) is 0.333. The van der Waals surface area contributed by atoms with Gasteiger partial charge >= 0.3 is 0 Å². The molecule has 28 heavy (non-hydrogen) atoms. The maximum Gasteiger partial charge on any atom is 0.261 e. The summed E-state index contributed by atoms with van der Waals surface area (Å²) in [5.74, 6) is 0.0785. The lowest BCUT2D eigenvalue weighted by atomic mass is 10.1. The molecule has 0 saturated heterocycles. The third-order valence-corrected chi connectivity index (χ3v) is 5.09. The number of ether oxygens (including phenoxy) is 1. The number of halogens is 2. The average Bonchev–Trinajstić information content (AvgIpc) is 2.69. The summed E-state index contributed by atoms with van der Waals surface area (Å²) in [6, 6.07) is 12.0. The molecule has 0 aliphatic rings. The van der Waals surface area contributed by atoms with Gasteiger partial charge in [-0.25, -0.2) is 0 Å². The highest BCUT2D eigenvalue weighted by Gasteiger charge is 2.28. The molecule has 0 spiro atoms. The molecular weight excluding hydrogens is 399 g/mol. The van der Waals surface area contributed by atoms with Gasteiger partial charge in [-0.05, 0) is 43.2 Å². The SMILES string of the molecule is CCC(C(=O)NC)N(Cc1ccc(Cl)c(Cl)c1)C(=O)COc1ccc(C)cc1. The molecule has 0 aromatic heterocycles. The van der Waals surface area contributed by atoms with Crippen LogP contribution >= 0.6 is 23.2 Å². The predicted octanol–water partition coefficient (Wildman–Crippen LogP) is 4.23. The minimum Gasteiger partial charge on any atom is -0.484 e. The van der Waals surface area contributed by atoms with E-state index in [0.29, 0.717) is 22.2 Å². The Bertz CT molecular complexity index is 825. The minimum atomic E-state index is -0.617. The summed E-state index contributed by atoms with van der Waals surface area (Å²) in [6.45, 7) is 3.88. The molecule has 2 aromatic rings. The number of benzene rings is 2. The summed E-state index contributed by atoms with van der Waals surface area (Å²) in [6.07, 6.45) is 0.470. The second kappa shape index (κ2) is 10.3. The lowest BCUT2D eigenvalue weighted by Gasteiger charge is -2.30. The Labute approximate surface area is 175 Å². The first kappa shape index (κ1) is 22.1. The van der Waals surface area contributed by atoms with Crippen molar-refractivity contribution in [2.24, 2.45) is 0 Å². The highest BCUT2D eigenvalue weighted by molar-refractivity contribution is 6.42. The molecule has 0 aliphatic heterocycles. The van der Waals surface area contributed by atoms with Crippen molar-refractivity contribution in [1.82, 2.24) is 10.2 Å². The van der Waals surface area contributed by atoms with Gasteiger partial charge in [0.25, 0.3) is 5.91 Å². The Kier molecular flexibility index (Phi) is 8.15. The van der Waals surface area contributed by atoms with E-state index in [9.17, 15) is 9.59 Å². The number of hydrogen-bond acceptors (Lipinski definition) is 3. The third-order valence-electron chi connectivity index (χ3n) is 4.35. The number of rotatable bonds is 8. The topological polar surface area (TPSA) is 58.6 Å². The fourth-order valence-electron chi connectivity index (χ4n) is 2.78. The Morgan fingerprint density at radius 1 is 1.11 bits per heavy atom. The summed E-state index contributed by atoms with van der Waals surface area (Å²) in [5.41, 5.74) is 1.88. The molecule has 0 saturated carbocycles. The molecule has 0 fully saturated rings. The third kappa shape index (κ3) is 5.88. The van der Waals surface area contributed by atoms with Gasteiger partial charge in [0.1, 0.15) is 11.8 Å². The maximum absolute atomic E-state index is 12.9. The summed E-state index contributed by atoms with van der Waals surface area (Å²) < 4.78 is 5.62. The van der Waals surface area contributed by atoms with Crippen molar-refractivity contribution in [1.29, 1.82) is 0 Å². The van der Waals surface area contributed by atoms with Crippen LogP contribution in [-0.2, 0) is 16.1 Å². The lowest BCUT2D eigenvalue weighted by Crippen LogP contribution is -2.49. The second-order valence-electron chi connectivity index (χ2n) is 6.41. The van der Waals surface area contributed by atoms with E-state index in [0.717, 1.165) is 11.1 Å². The molecule has 1 atom stereocenters. The normalized spacial score (nSPS) is 11.6. The van der Waals surface area contributed by atoms with Gasteiger partial charge in [-0.3, -0.25) is 9.59 Å². The van der Waals surface area contributed by atoms with Crippen LogP contribution in [0.3, 0.4) is 0 Å². The highest BCUT2D eigenvalue weighted by Crippen LogP contribution is 2.24. The van der Waals surface area contributed by atoms with Crippen LogP contribution in [0.25, 0.3) is 0 Å². The molecule has 5 nitrogen and oxygen atoms in total. The molecule has 1 unspecified atom stereocenters. The first-order valence-corrected chi connectivity index (χ1v) is 9.75. The van der Waals surface area contributed by atoms with Crippen molar-refractivity contribution in [2.45, 2.75) is 32.9 Å². The van der Waals surface area contributed by atoms with Crippen LogP contribution in [0, 0.1) is 6.92 Å². The van der Waals surface area contributed by atoms with Gasteiger partial charge in [0.05, 0.1) is 10.0 Å². The van der Waals surface area contributed by atoms with E-state index in [1.54, 1.807) is 25.2 Å². The summed E-state index contributed by atoms with van der Waals surface area (Å²) in [5, 5.41) is 3.45. The van der Waals surface area contributed by atoms with Crippen LogP contribution < -0.4 is 10.1 Å². The number of amides is 2. The number of carbonyl (C=O) groups is 2. The van der Waals surface area contributed by atoms with Gasteiger partial charge in [-0.15, -0.1) is 0 Å². The molecule has 0 aliphatic carbocycles. The zero-order chi connectivity index (χ0) is 20.7. The lowest BCUT2D eigenvalue weighted by molar-refractivity contribution is -0.142. The molecule has 150 valence electrons. The van der Waals surface area contributed by atoms with Gasteiger partial charge in [0, 0.05) is 13.6 Å². The first-order chi connectivity index (χ1) is 13.3. The van der Waals surface area contributed by atoms with Gasteiger partial charge in [-0.2, -0.15) is 0 Å². The number of nitrogens with zero attached hydrogens (tertiary/aromatic N) is 1. The smallest absolute Gasteiger partial charge is 0.261 e. The predicted molar refractivity (Wildman–Crippen MR) is 112 cm³/mol. The summed E-state index contributed by atoms with van der Waals surface area (Å²) in [7, 11) is 1.55. The van der Waals surface area contributed by atoms with E-state index in [4.69, 9.17) is 27.9 Å². The van der Waals surface area contributed by atoms with E-state index in [1.165, 1.54) is 4.90 Å². The second-order valence-corrected chi connectivity index (χ2v) is 7.22. The van der Waals surface area contributed by atoms with Gasteiger partial charge < -0.3 is 15.0 Å². The molecule has 2 amide bonds. The number of hydrogen-bond donors (Lipinski definition) is 1. The molecule has 1 N–H and O–H groups in total. The molecule has 2 rings (SSSR count). The highest BCUT2D eigenvalue weighted by atomic mass is 35.5. The van der Waals surface area contributed by atoms with Crippen LogP contribution in [0.1, 0.15) is 24.5 Å². The monoisotopic (exact) mass is 422 g/mol. The standard InChI is InChI=1S/C21H24Cl2N2O3/c1-4-19(21(27)24-3)25(12-15-7-10-17(22)18(23)11-15)20(26)13-28-16-8-5-14(2)6-9-16/h5-11,19H,4,12-13H2,1-3H3,(H,24,27). The Hall–Kier alpha value is -2.24. The molecular formula is C21H24Cl2N2O3. The van der Waals surface area contributed by atoms with Crippen molar-refractivity contribution < 1.29 is 14.3 Å². The van der Waals surface area contributed by atoms with Crippen LogP contribution in [0.5, 0.6) is 5.75 Å². The molecule has 7 heteroatoms. The van der Waals surface area contributed by atoms with Crippen molar-refractivity contribution >= 4 is 35.0 Å². The van der Waals surface area contributed by atoms with E-state index in [-0.39, 0.29) is 25.0 Å². The van der Waals surface area contributed by atoms with Crippen LogP contribution in [0.4, 0.5) is 0 Å². The zero-order valence-corrected chi connectivity index (χ0v) is 17.7. The van der Waals surface area contributed by atoms with Crippen molar-refractivity contribution in [3.63, 3.8) is 0 Å². The summed E-state index contributed by atoms with van der Waals surface area (Å²) in [4.78, 5) is 26.7. The van der Waals surface area contributed by atoms with E-state index < -0.39 is 6.04 Å². The van der Waals surface area contributed by atoms with Gasteiger partial charge in [-0.1, -0.05) is 53.9 Å². The quantitative estimate of drug-likeness (QED) is 0.691. The van der Waals surface area contributed by atoms with Crippen molar-refractivity contribution in [3.8, 4) is 5.75 Å². The minimum absolute atomic E-state index is 0.169. The number of carbonyl (C=O) groups excluding carboxylic acids is 2. The van der Waals surface area contributed by atoms with E-state index in [2.05, 4.69) is 5.32 Å². The largest absolute Gasteiger partial charge is 0.484 e. The van der Waals surface area contributed by atoms with Crippen molar-refractivity contribution in [3.05, 3.63) is 63.6 Å². The Morgan fingerprint density at radius 2 is 1.79 bits per heavy atom. The molecule has 0 radical (unpaired) electrons. The van der Waals surface area contributed by atoms with Crippen LogP contribution in [-0.4, -0.2) is 36.4 Å². The van der Waals surface area contributed by atoms with E-state index in [1.807, 2.05) is 38.1 Å². The van der Waals surface area contributed by atoms with Crippen molar-refractivity contribution in [2.75, 3.05) is 13.7 Å². The zero-order valence-electron chi connectivity index (χ0n) is 16.2. The Balaban J connectivity index is 2.20. The summed E-state index contributed by atoms with van der Waals surface area (Å²) >= 11 is 12.1. The first-order valence-electron chi connectivity index (χ1n) is 9.00. The van der Waals surface area contributed by atoms with Gasteiger partial charge in [0.2, 0.25) is 5.91 Å². The Morgan fingerprint density at radius 3 is 2.36 bits per heavy atom. The van der Waals surface area contributed by atoms with Crippen LogP contribution in [0.2, 0.25) is 10.0 Å². The fourth-order valence-corrected chi connectivity index (χ4v) is 3.10. The van der Waals surface area contributed by atoms with Gasteiger partial charge in [0.15, 0.2) is 6.61 Å². The molecule has 0 bridgehead atoms.